The first-order valence-electron chi connectivity index (χ1n) is 4.36. The van der Waals surface area contributed by atoms with Gasteiger partial charge in [-0.1, -0.05) is 0 Å². The number of nitrogens with zero attached hydrogens (tertiary/aromatic N) is 1. The lowest BCUT2D eigenvalue weighted by molar-refractivity contribution is 0.804. The van der Waals surface area contributed by atoms with E-state index < -0.39 is 0 Å². The monoisotopic (exact) mass is 291 g/mol. The summed E-state index contributed by atoms with van der Waals surface area (Å²) < 4.78 is 5.82. The summed E-state index contributed by atoms with van der Waals surface area (Å²) in [6.45, 7) is 8.55. The van der Waals surface area contributed by atoms with E-state index in [4.69, 9.17) is 0 Å². The van der Waals surface area contributed by atoms with Crippen molar-refractivity contribution in [3.8, 4) is 0 Å². The van der Waals surface area contributed by atoms with Crippen LogP contribution < -0.4 is 0 Å². The normalized spacial score (nSPS) is 13.4. The van der Waals surface area contributed by atoms with Crippen molar-refractivity contribution in [2.75, 3.05) is 0 Å². The molecule has 1 aromatic heterocycles. The highest BCUT2D eigenvalue weighted by molar-refractivity contribution is 9.10. The van der Waals surface area contributed by atoms with Crippen LogP contribution in [0.4, 0.5) is 0 Å². The van der Waals surface area contributed by atoms with Crippen molar-refractivity contribution >= 4 is 44.9 Å². The van der Waals surface area contributed by atoms with Gasteiger partial charge in [0.1, 0.15) is 0 Å². The molecule has 78 valence electrons. The van der Waals surface area contributed by atoms with Gasteiger partial charge in [-0.15, -0.1) is 11.3 Å². The van der Waals surface area contributed by atoms with E-state index in [-0.39, 0.29) is 4.75 Å². The number of rotatable bonds is 2. The Morgan fingerprint density at radius 2 is 2.14 bits per heavy atom. The standard InChI is InChI=1S/C10H14BrNS2/c1-7(12-14-10(2,3)4)9-5-8(11)6-13-9/h5-6H,1-4H3/b12-7-. The van der Waals surface area contributed by atoms with Crippen LogP contribution in [0, 0.1) is 0 Å². The van der Waals surface area contributed by atoms with Gasteiger partial charge < -0.3 is 0 Å². The van der Waals surface area contributed by atoms with E-state index in [1.807, 2.05) is 0 Å². The van der Waals surface area contributed by atoms with E-state index in [1.165, 1.54) is 4.88 Å². The molecule has 0 saturated heterocycles. The molecule has 0 radical (unpaired) electrons. The maximum Gasteiger partial charge on any atom is 0.0628 e. The fourth-order valence-corrected chi connectivity index (χ4v) is 2.70. The minimum Gasteiger partial charge on any atom is -0.219 e. The maximum atomic E-state index is 4.50. The second-order valence-electron chi connectivity index (χ2n) is 4.01. The van der Waals surface area contributed by atoms with E-state index in [1.54, 1.807) is 23.3 Å². The van der Waals surface area contributed by atoms with Gasteiger partial charge in [0, 0.05) is 14.6 Å². The van der Waals surface area contributed by atoms with Crippen molar-refractivity contribution in [3.63, 3.8) is 0 Å². The summed E-state index contributed by atoms with van der Waals surface area (Å²) >= 11 is 6.78. The lowest BCUT2D eigenvalue weighted by Crippen LogP contribution is -2.06. The van der Waals surface area contributed by atoms with Gasteiger partial charge in [0.05, 0.1) is 10.6 Å². The second kappa shape index (κ2) is 4.81. The molecule has 0 atom stereocenters. The summed E-state index contributed by atoms with van der Waals surface area (Å²) in [6, 6.07) is 2.10. The Kier molecular flexibility index (Phi) is 4.22. The maximum absolute atomic E-state index is 4.50. The van der Waals surface area contributed by atoms with Crippen LogP contribution in [0.25, 0.3) is 0 Å². The molecule has 0 aliphatic carbocycles. The molecule has 0 aromatic carbocycles. The van der Waals surface area contributed by atoms with E-state index in [0.717, 1.165) is 10.2 Å². The summed E-state index contributed by atoms with van der Waals surface area (Å²) in [5.74, 6) is 0. The Hall–Kier alpha value is 0.200. The molecule has 0 unspecified atom stereocenters. The highest BCUT2D eigenvalue weighted by Crippen LogP contribution is 2.27. The van der Waals surface area contributed by atoms with E-state index in [9.17, 15) is 0 Å². The number of halogens is 1. The molecule has 1 aromatic rings. The largest absolute Gasteiger partial charge is 0.219 e. The quantitative estimate of drug-likeness (QED) is 0.565. The molecule has 0 bridgehead atoms. The lowest BCUT2D eigenvalue weighted by atomic mass is 10.3. The van der Waals surface area contributed by atoms with Gasteiger partial charge in [-0.25, -0.2) is 4.40 Å². The molecule has 1 nitrogen and oxygen atoms in total. The van der Waals surface area contributed by atoms with Crippen molar-refractivity contribution in [3.05, 3.63) is 20.8 Å². The van der Waals surface area contributed by atoms with Crippen LogP contribution in [0.5, 0.6) is 0 Å². The molecule has 0 spiro atoms. The molecule has 0 fully saturated rings. The molecule has 0 aliphatic heterocycles. The van der Waals surface area contributed by atoms with Gasteiger partial charge in [0.15, 0.2) is 0 Å². The van der Waals surface area contributed by atoms with E-state index in [0.29, 0.717) is 0 Å². The lowest BCUT2D eigenvalue weighted by Gasteiger charge is -2.13. The van der Waals surface area contributed by atoms with Crippen molar-refractivity contribution in [2.24, 2.45) is 4.40 Å². The van der Waals surface area contributed by atoms with Crippen molar-refractivity contribution < 1.29 is 0 Å². The zero-order chi connectivity index (χ0) is 10.8. The zero-order valence-electron chi connectivity index (χ0n) is 8.80. The predicted molar refractivity (Wildman–Crippen MR) is 71.6 cm³/mol. The molecule has 1 heterocycles. The van der Waals surface area contributed by atoms with Crippen LogP contribution in [0.2, 0.25) is 0 Å². The topological polar surface area (TPSA) is 12.4 Å². The van der Waals surface area contributed by atoms with Crippen LogP contribution in [-0.2, 0) is 0 Å². The van der Waals surface area contributed by atoms with Crippen LogP contribution in [-0.4, -0.2) is 10.5 Å². The molecule has 14 heavy (non-hydrogen) atoms. The first-order chi connectivity index (χ1) is 6.38. The molecule has 0 N–H and O–H groups in total. The number of thiophene rings is 1. The first kappa shape index (κ1) is 12.3. The summed E-state index contributed by atoms with van der Waals surface area (Å²) in [6.07, 6.45) is 0. The van der Waals surface area contributed by atoms with Gasteiger partial charge in [-0.3, -0.25) is 0 Å². The van der Waals surface area contributed by atoms with Crippen molar-refractivity contribution in [2.45, 2.75) is 32.4 Å². The minimum atomic E-state index is 0.190. The zero-order valence-corrected chi connectivity index (χ0v) is 12.0. The highest BCUT2D eigenvalue weighted by Gasteiger charge is 2.10. The molecular weight excluding hydrogens is 278 g/mol. The molecule has 0 saturated carbocycles. The van der Waals surface area contributed by atoms with Crippen molar-refractivity contribution in [1.82, 2.24) is 0 Å². The van der Waals surface area contributed by atoms with Crippen molar-refractivity contribution in [1.29, 1.82) is 0 Å². The van der Waals surface area contributed by atoms with Gasteiger partial charge in [0.2, 0.25) is 0 Å². The van der Waals surface area contributed by atoms with Gasteiger partial charge >= 0.3 is 0 Å². The Labute approximate surface area is 102 Å². The fraction of sp³-hybridized carbons (Fsp3) is 0.500. The van der Waals surface area contributed by atoms with Gasteiger partial charge in [0.25, 0.3) is 0 Å². The van der Waals surface area contributed by atoms with Gasteiger partial charge in [-0.05, 0) is 61.6 Å². The third-order valence-electron chi connectivity index (χ3n) is 1.38. The third-order valence-corrected chi connectivity index (χ3v) is 4.09. The Morgan fingerprint density at radius 1 is 1.50 bits per heavy atom. The first-order valence-corrected chi connectivity index (χ1v) is 6.80. The minimum absolute atomic E-state index is 0.190. The summed E-state index contributed by atoms with van der Waals surface area (Å²) in [5, 5.41) is 2.08. The highest BCUT2D eigenvalue weighted by atomic mass is 79.9. The van der Waals surface area contributed by atoms with E-state index >= 15 is 0 Å². The third kappa shape index (κ3) is 4.15. The SMILES string of the molecule is C/C(=N/SC(C)(C)C)c1cc(Br)cs1. The molecule has 0 amide bonds. The molecule has 1 rings (SSSR count). The number of hydrogen-bond donors (Lipinski definition) is 0. The Bertz CT molecular complexity index is 336. The Morgan fingerprint density at radius 3 is 2.57 bits per heavy atom. The summed E-state index contributed by atoms with van der Waals surface area (Å²) in [4.78, 5) is 1.23. The smallest absolute Gasteiger partial charge is 0.0628 e. The van der Waals surface area contributed by atoms with Crippen LogP contribution in [0.1, 0.15) is 32.6 Å². The van der Waals surface area contributed by atoms with Crippen LogP contribution >= 0.6 is 39.2 Å². The Balaban J connectivity index is 2.70. The second-order valence-corrected chi connectivity index (χ2v) is 7.43. The van der Waals surface area contributed by atoms with Crippen LogP contribution in [0.3, 0.4) is 0 Å². The molecular formula is C10H14BrNS2. The average Bonchev–Trinajstić information content (AvgIpc) is 2.46. The van der Waals surface area contributed by atoms with Gasteiger partial charge in [-0.2, -0.15) is 0 Å². The average molecular weight is 292 g/mol. The molecule has 4 heteroatoms. The van der Waals surface area contributed by atoms with E-state index in [2.05, 4.69) is 59.5 Å². The molecule has 0 aliphatic rings. The summed E-state index contributed by atoms with van der Waals surface area (Å²) in [7, 11) is 0. The fourth-order valence-electron chi connectivity index (χ4n) is 0.753. The number of hydrogen-bond acceptors (Lipinski definition) is 3. The predicted octanol–water partition coefficient (Wildman–Crippen LogP) is 4.77. The summed E-state index contributed by atoms with van der Waals surface area (Å²) in [5.41, 5.74) is 1.10. The van der Waals surface area contributed by atoms with Crippen LogP contribution in [0.15, 0.2) is 20.3 Å².